The Kier molecular flexibility index (Phi) is 7.83. The van der Waals surface area contributed by atoms with E-state index in [1.165, 1.54) is 10.4 Å². The highest BCUT2D eigenvalue weighted by Gasteiger charge is 2.06. The van der Waals surface area contributed by atoms with Gasteiger partial charge in [0.05, 0.1) is 28.8 Å². The lowest BCUT2D eigenvalue weighted by Gasteiger charge is -2.12. The molecule has 0 radical (unpaired) electrons. The first kappa shape index (κ1) is 20.6. The van der Waals surface area contributed by atoms with Gasteiger partial charge in [0.1, 0.15) is 5.82 Å². The number of aromatic nitrogens is 3. The van der Waals surface area contributed by atoms with Crippen LogP contribution in [0.3, 0.4) is 0 Å². The maximum Gasteiger partial charge on any atom is 0.191 e. The number of nitrogens with zero attached hydrogens (tertiary/aromatic N) is 4. The molecule has 140 valence electrons. The molecule has 26 heavy (non-hydrogen) atoms. The molecule has 0 spiro atoms. The van der Waals surface area contributed by atoms with Crippen LogP contribution in [-0.2, 0) is 13.1 Å². The largest absolute Gasteiger partial charge is 0.356 e. The second-order valence-electron chi connectivity index (χ2n) is 5.87. The molecule has 0 fully saturated rings. The molecule has 0 saturated heterocycles. The molecule has 0 aliphatic rings. The Morgan fingerprint density at radius 1 is 1.23 bits per heavy atom. The van der Waals surface area contributed by atoms with Crippen molar-refractivity contribution >= 4 is 52.3 Å². The van der Waals surface area contributed by atoms with E-state index in [0.29, 0.717) is 0 Å². The number of halogens is 1. The first-order valence-corrected chi connectivity index (χ1v) is 9.32. The normalized spacial score (nSPS) is 11.4. The molecule has 0 amide bonds. The predicted molar refractivity (Wildman–Crippen MR) is 120 cm³/mol. The number of rotatable bonds is 6. The van der Waals surface area contributed by atoms with Crippen molar-refractivity contribution in [1.29, 1.82) is 0 Å². The van der Waals surface area contributed by atoms with Gasteiger partial charge in [0.15, 0.2) is 5.96 Å². The Morgan fingerprint density at radius 3 is 2.77 bits per heavy atom. The zero-order chi connectivity index (χ0) is 17.6. The SMILES string of the molecule is CN=C(NCCCn1c(C)nc2ccccc21)NCc1scnc1C.I. The summed E-state index contributed by atoms with van der Waals surface area (Å²) in [5.74, 6) is 1.88. The molecule has 3 aromatic rings. The second kappa shape index (κ2) is 9.86. The minimum Gasteiger partial charge on any atom is -0.356 e. The summed E-state index contributed by atoms with van der Waals surface area (Å²) in [6.45, 7) is 6.63. The van der Waals surface area contributed by atoms with Gasteiger partial charge in [0.2, 0.25) is 0 Å². The average molecular weight is 484 g/mol. The van der Waals surface area contributed by atoms with E-state index >= 15 is 0 Å². The van der Waals surface area contributed by atoms with E-state index in [1.54, 1.807) is 18.4 Å². The Hall–Kier alpha value is -1.68. The minimum absolute atomic E-state index is 0. The molecule has 0 atom stereocenters. The summed E-state index contributed by atoms with van der Waals surface area (Å²) in [7, 11) is 1.79. The smallest absolute Gasteiger partial charge is 0.191 e. The van der Waals surface area contributed by atoms with Crippen molar-refractivity contribution < 1.29 is 0 Å². The van der Waals surface area contributed by atoms with Crippen LogP contribution in [0.15, 0.2) is 34.8 Å². The Bertz CT molecular complexity index is 870. The Labute approximate surface area is 175 Å². The van der Waals surface area contributed by atoms with Gasteiger partial charge in [0, 0.05) is 25.0 Å². The molecule has 3 rings (SSSR count). The van der Waals surface area contributed by atoms with E-state index in [9.17, 15) is 0 Å². The molecule has 0 bridgehead atoms. The van der Waals surface area contributed by atoms with E-state index in [0.717, 1.165) is 49.0 Å². The number of benzene rings is 1. The number of hydrogen-bond acceptors (Lipinski definition) is 4. The minimum atomic E-state index is 0. The molecule has 0 saturated carbocycles. The van der Waals surface area contributed by atoms with Crippen LogP contribution >= 0.6 is 35.3 Å². The van der Waals surface area contributed by atoms with Gasteiger partial charge in [-0.2, -0.15) is 0 Å². The van der Waals surface area contributed by atoms with Crippen molar-refractivity contribution in [1.82, 2.24) is 25.2 Å². The van der Waals surface area contributed by atoms with Gasteiger partial charge in [-0.05, 0) is 32.4 Å². The molecule has 0 aliphatic heterocycles. The summed E-state index contributed by atoms with van der Waals surface area (Å²) in [4.78, 5) is 14.4. The molecule has 0 unspecified atom stereocenters. The van der Waals surface area contributed by atoms with Crippen LogP contribution in [0.5, 0.6) is 0 Å². The summed E-state index contributed by atoms with van der Waals surface area (Å²) in [5.41, 5.74) is 5.21. The summed E-state index contributed by atoms with van der Waals surface area (Å²) in [6.07, 6.45) is 1.00. The number of fused-ring (bicyclic) bond motifs is 1. The number of thiazole rings is 1. The number of hydrogen-bond donors (Lipinski definition) is 2. The molecule has 2 N–H and O–H groups in total. The Morgan fingerprint density at radius 2 is 2.04 bits per heavy atom. The fourth-order valence-corrected chi connectivity index (χ4v) is 3.52. The third kappa shape index (κ3) is 4.94. The number of guanidine groups is 1. The van der Waals surface area contributed by atoms with Gasteiger partial charge in [-0.25, -0.2) is 9.97 Å². The quantitative estimate of drug-likeness (QED) is 0.243. The summed E-state index contributed by atoms with van der Waals surface area (Å²) in [6, 6.07) is 8.28. The lowest BCUT2D eigenvalue weighted by molar-refractivity contribution is 0.624. The van der Waals surface area contributed by atoms with Crippen LogP contribution in [0, 0.1) is 13.8 Å². The molecule has 2 aromatic heterocycles. The first-order valence-electron chi connectivity index (χ1n) is 8.44. The van der Waals surface area contributed by atoms with Crippen molar-refractivity contribution in [3.8, 4) is 0 Å². The van der Waals surface area contributed by atoms with Crippen LogP contribution in [0.2, 0.25) is 0 Å². The zero-order valence-corrected chi connectivity index (χ0v) is 18.5. The highest BCUT2D eigenvalue weighted by molar-refractivity contribution is 14.0. The van der Waals surface area contributed by atoms with E-state index in [4.69, 9.17) is 0 Å². The number of nitrogens with one attached hydrogen (secondary N) is 2. The first-order chi connectivity index (χ1) is 12.2. The van der Waals surface area contributed by atoms with Gasteiger partial charge in [-0.1, -0.05) is 12.1 Å². The Balaban J connectivity index is 0.00000243. The number of aryl methyl sites for hydroxylation is 3. The summed E-state index contributed by atoms with van der Waals surface area (Å²) >= 11 is 1.66. The van der Waals surface area contributed by atoms with Crippen LogP contribution in [0.1, 0.15) is 22.8 Å². The summed E-state index contributed by atoms with van der Waals surface area (Å²) < 4.78 is 2.27. The monoisotopic (exact) mass is 484 g/mol. The lowest BCUT2D eigenvalue weighted by Crippen LogP contribution is -2.37. The van der Waals surface area contributed by atoms with Crippen LogP contribution in [0.4, 0.5) is 0 Å². The lowest BCUT2D eigenvalue weighted by atomic mass is 10.3. The molecule has 6 nitrogen and oxygen atoms in total. The van der Waals surface area contributed by atoms with Gasteiger partial charge in [-0.15, -0.1) is 35.3 Å². The predicted octanol–water partition coefficient (Wildman–Crippen LogP) is 3.48. The standard InChI is InChI=1S/C18H24N6S.HI/c1-13-17(25-12-22-13)11-21-18(19-3)20-9-6-10-24-14(2)23-15-7-4-5-8-16(15)24;/h4-5,7-8,12H,6,9-11H2,1-3H3,(H2,19,20,21);1H. The van der Waals surface area contributed by atoms with Crippen molar-refractivity contribution in [2.75, 3.05) is 13.6 Å². The fourth-order valence-electron chi connectivity index (χ4n) is 2.80. The van der Waals surface area contributed by atoms with Crippen molar-refractivity contribution in [3.63, 3.8) is 0 Å². The maximum atomic E-state index is 4.61. The van der Waals surface area contributed by atoms with E-state index in [1.807, 2.05) is 18.5 Å². The van der Waals surface area contributed by atoms with E-state index < -0.39 is 0 Å². The molecular formula is C18H25IN6S. The fraction of sp³-hybridized carbons (Fsp3) is 0.389. The number of aliphatic imine (C=N–C) groups is 1. The van der Waals surface area contributed by atoms with Crippen molar-refractivity contribution in [2.24, 2.45) is 4.99 Å². The van der Waals surface area contributed by atoms with Gasteiger partial charge in [0.25, 0.3) is 0 Å². The van der Waals surface area contributed by atoms with E-state index in [2.05, 4.69) is 55.3 Å². The van der Waals surface area contributed by atoms with Crippen LogP contribution in [0.25, 0.3) is 11.0 Å². The van der Waals surface area contributed by atoms with Gasteiger partial charge in [-0.3, -0.25) is 4.99 Å². The highest BCUT2D eigenvalue weighted by atomic mass is 127. The van der Waals surface area contributed by atoms with Crippen molar-refractivity contribution in [3.05, 3.63) is 46.2 Å². The summed E-state index contributed by atoms with van der Waals surface area (Å²) in [5, 5.41) is 6.71. The third-order valence-electron chi connectivity index (χ3n) is 4.18. The molecular weight excluding hydrogens is 459 g/mol. The molecule has 8 heteroatoms. The van der Waals surface area contributed by atoms with Crippen LogP contribution < -0.4 is 10.6 Å². The van der Waals surface area contributed by atoms with Gasteiger partial charge >= 0.3 is 0 Å². The zero-order valence-electron chi connectivity index (χ0n) is 15.3. The molecule has 0 aliphatic carbocycles. The molecule has 1 aromatic carbocycles. The third-order valence-corrected chi connectivity index (χ3v) is 5.12. The number of para-hydroxylation sites is 2. The average Bonchev–Trinajstić information content (AvgIpc) is 3.17. The topological polar surface area (TPSA) is 67.1 Å². The molecule has 2 heterocycles. The van der Waals surface area contributed by atoms with Crippen molar-refractivity contribution in [2.45, 2.75) is 33.4 Å². The number of imidazole rings is 1. The second-order valence-corrected chi connectivity index (χ2v) is 6.81. The maximum absolute atomic E-state index is 4.61. The van der Waals surface area contributed by atoms with E-state index in [-0.39, 0.29) is 24.0 Å². The highest BCUT2D eigenvalue weighted by Crippen LogP contribution is 2.15. The van der Waals surface area contributed by atoms with Gasteiger partial charge < -0.3 is 15.2 Å². The van der Waals surface area contributed by atoms with Crippen LogP contribution in [-0.4, -0.2) is 34.1 Å².